The number of amides is 2. The highest BCUT2D eigenvalue weighted by atomic mass is 16.4. The predicted molar refractivity (Wildman–Crippen MR) is 109 cm³/mol. The Morgan fingerprint density at radius 3 is 2.21 bits per heavy atom. The van der Waals surface area contributed by atoms with E-state index in [0.29, 0.717) is 5.56 Å². The highest BCUT2D eigenvalue weighted by Gasteiger charge is 2.26. The lowest BCUT2D eigenvalue weighted by Gasteiger charge is -2.19. The second kappa shape index (κ2) is 7.96. The van der Waals surface area contributed by atoms with E-state index >= 15 is 0 Å². The van der Waals surface area contributed by atoms with Crippen LogP contribution in [0.3, 0.4) is 0 Å². The summed E-state index contributed by atoms with van der Waals surface area (Å²) in [5.41, 5.74) is 7.20. The van der Waals surface area contributed by atoms with Gasteiger partial charge in [0.25, 0.3) is 0 Å². The Kier molecular flexibility index (Phi) is 5.22. The Hall–Kier alpha value is -3.33. The van der Waals surface area contributed by atoms with Gasteiger partial charge in [-0.15, -0.1) is 0 Å². The SMILES string of the molecule is N#Cc1ccc(CC(NC(=O)Nc2c3c(cc4c2CCC4)CCC3)C(=O)O)cc1. The number of hydrogen-bond acceptors (Lipinski definition) is 3. The van der Waals surface area contributed by atoms with Gasteiger partial charge in [-0.1, -0.05) is 18.2 Å². The smallest absolute Gasteiger partial charge is 0.326 e. The minimum atomic E-state index is -1.09. The number of benzene rings is 2. The van der Waals surface area contributed by atoms with Crippen LogP contribution in [0, 0.1) is 11.3 Å². The minimum absolute atomic E-state index is 0.152. The first-order chi connectivity index (χ1) is 14.0. The summed E-state index contributed by atoms with van der Waals surface area (Å²) in [5, 5.41) is 24.0. The van der Waals surface area contributed by atoms with Crippen molar-refractivity contribution in [2.75, 3.05) is 5.32 Å². The standard InChI is InChI=1S/C23H23N3O3/c24-13-15-9-7-14(8-10-15)11-20(22(27)28)25-23(29)26-21-18-5-1-3-16(18)12-17-4-2-6-19(17)21/h7-10,12,20H,1-6,11H2,(H,27,28)(H2,25,26,29). The zero-order valence-electron chi connectivity index (χ0n) is 16.1. The van der Waals surface area contributed by atoms with E-state index in [1.54, 1.807) is 24.3 Å². The third-order valence-corrected chi connectivity index (χ3v) is 5.84. The quantitative estimate of drug-likeness (QED) is 0.730. The number of nitrogens with zero attached hydrogens (tertiary/aromatic N) is 1. The molecule has 6 heteroatoms. The summed E-state index contributed by atoms with van der Waals surface area (Å²) >= 11 is 0. The highest BCUT2D eigenvalue weighted by molar-refractivity contribution is 5.94. The summed E-state index contributed by atoms with van der Waals surface area (Å²) in [6.45, 7) is 0. The monoisotopic (exact) mass is 389 g/mol. The molecular formula is C23H23N3O3. The number of urea groups is 1. The van der Waals surface area contributed by atoms with Crippen molar-refractivity contribution in [2.45, 2.75) is 51.0 Å². The fourth-order valence-electron chi connectivity index (χ4n) is 4.43. The number of nitrogens with one attached hydrogen (secondary N) is 2. The number of anilines is 1. The molecule has 6 nitrogen and oxygen atoms in total. The van der Waals surface area contributed by atoms with Crippen molar-refractivity contribution in [2.24, 2.45) is 0 Å². The van der Waals surface area contributed by atoms with Gasteiger partial charge in [0.05, 0.1) is 11.6 Å². The molecule has 0 heterocycles. The second-order valence-electron chi connectivity index (χ2n) is 7.74. The number of aliphatic carboxylic acids is 1. The number of carbonyl (C=O) groups excluding carboxylic acids is 1. The van der Waals surface area contributed by atoms with Crippen LogP contribution in [-0.4, -0.2) is 23.1 Å². The zero-order valence-corrected chi connectivity index (χ0v) is 16.1. The van der Waals surface area contributed by atoms with E-state index in [9.17, 15) is 14.7 Å². The van der Waals surface area contributed by atoms with Crippen LogP contribution in [0.25, 0.3) is 0 Å². The molecule has 2 aromatic rings. The molecule has 2 amide bonds. The first kappa shape index (κ1) is 19.0. The molecule has 29 heavy (non-hydrogen) atoms. The number of hydrogen-bond donors (Lipinski definition) is 3. The lowest BCUT2D eigenvalue weighted by Crippen LogP contribution is -2.44. The van der Waals surface area contributed by atoms with E-state index in [2.05, 4.69) is 16.7 Å². The third-order valence-electron chi connectivity index (χ3n) is 5.84. The van der Waals surface area contributed by atoms with Gasteiger partial charge in [-0.2, -0.15) is 5.26 Å². The van der Waals surface area contributed by atoms with Crippen molar-refractivity contribution in [1.82, 2.24) is 5.32 Å². The lowest BCUT2D eigenvalue weighted by molar-refractivity contribution is -0.139. The van der Waals surface area contributed by atoms with Gasteiger partial charge in [0, 0.05) is 12.1 Å². The van der Waals surface area contributed by atoms with E-state index < -0.39 is 18.0 Å². The van der Waals surface area contributed by atoms with Crippen LogP contribution < -0.4 is 10.6 Å². The van der Waals surface area contributed by atoms with Crippen LogP contribution in [-0.2, 0) is 36.9 Å². The fraction of sp³-hybridized carbons (Fsp3) is 0.348. The van der Waals surface area contributed by atoms with E-state index in [1.807, 2.05) is 6.07 Å². The molecule has 0 spiro atoms. The van der Waals surface area contributed by atoms with Gasteiger partial charge in [0.15, 0.2) is 0 Å². The first-order valence-electron chi connectivity index (χ1n) is 10.0. The van der Waals surface area contributed by atoms with E-state index in [4.69, 9.17) is 5.26 Å². The van der Waals surface area contributed by atoms with E-state index in [1.165, 1.54) is 22.3 Å². The maximum absolute atomic E-state index is 12.7. The van der Waals surface area contributed by atoms with Crippen LogP contribution in [0.1, 0.15) is 46.2 Å². The van der Waals surface area contributed by atoms with Crippen molar-refractivity contribution >= 4 is 17.7 Å². The average molecular weight is 389 g/mol. The Balaban J connectivity index is 1.50. The molecule has 1 atom stereocenters. The van der Waals surface area contributed by atoms with Crippen molar-refractivity contribution in [3.05, 3.63) is 63.7 Å². The molecule has 2 aromatic carbocycles. The van der Waals surface area contributed by atoms with Crippen molar-refractivity contribution in [3.63, 3.8) is 0 Å². The topological polar surface area (TPSA) is 102 Å². The Morgan fingerprint density at radius 1 is 1.03 bits per heavy atom. The molecule has 0 radical (unpaired) electrons. The van der Waals surface area contributed by atoms with Gasteiger partial charge in [-0.25, -0.2) is 9.59 Å². The van der Waals surface area contributed by atoms with Crippen LogP contribution in [0.5, 0.6) is 0 Å². The van der Waals surface area contributed by atoms with Gasteiger partial charge in [0.1, 0.15) is 6.04 Å². The van der Waals surface area contributed by atoms with Crippen LogP contribution in [0.2, 0.25) is 0 Å². The van der Waals surface area contributed by atoms with Gasteiger partial charge in [0.2, 0.25) is 0 Å². The molecule has 0 bridgehead atoms. The molecule has 0 fully saturated rings. The zero-order chi connectivity index (χ0) is 20.4. The summed E-state index contributed by atoms with van der Waals surface area (Å²) in [7, 11) is 0. The number of carbonyl (C=O) groups is 2. The number of aryl methyl sites for hydroxylation is 2. The second-order valence-corrected chi connectivity index (χ2v) is 7.74. The Labute approximate surface area is 169 Å². The summed E-state index contributed by atoms with van der Waals surface area (Å²) in [4.78, 5) is 24.4. The molecule has 4 rings (SSSR count). The van der Waals surface area contributed by atoms with Crippen LogP contribution in [0.4, 0.5) is 10.5 Å². The van der Waals surface area contributed by atoms with E-state index in [-0.39, 0.29) is 6.42 Å². The molecule has 0 saturated carbocycles. The first-order valence-corrected chi connectivity index (χ1v) is 10.0. The van der Waals surface area contributed by atoms with Gasteiger partial charge >= 0.3 is 12.0 Å². The largest absolute Gasteiger partial charge is 0.480 e. The molecule has 0 aromatic heterocycles. The average Bonchev–Trinajstić information content (AvgIpc) is 3.37. The maximum atomic E-state index is 12.7. The molecule has 1 unspecified atom stereocenters. The van der Waals surface area contributed by atoms with E-state index in [0.717, 1.165) is 49.8 Å². The number of carboxylic acids is 1. The maximum Gasteiger partial charge on any atom is 0.326 e. The molecule has 3 N–H and O–H groups in total. The molecule has 148 valence electrons. The summed E-state index contributed by atoms with van der Waals surface area (Å²) in [5.74, 6) is -1.09. The van der Waals surface area contributed by atoms with Crippen molar-refractivity contribution < 1.29 is 14.7 Å². The number of nitriles is 1. The van der Waals surface area contributed by atoms with Gasteiger partial charge in [-0.3, -0.25) is 0 Å². The number of carboxylic acid groups (broad SMARTS) is 1. The van der Waals surface area contributed by atoms with Gasteiger partial charge < -0.3 is 15.7 Å². The summed E-state index contributed by atoms with van der Waals surface area (Å²) in [6.07, 6.45) is 6.30. The van der Waals surface area contributed by atoms with Crippen molar-refractivity contribution in [3.8, 4) is 6.07 Å². The number of fused-ring (bicyclic) bond motifs is 2. The molecule has 0 saturated heterocycles. The Morgan fingerprint density at radius 2 is 1.66 bits per heavy atom. The van der Waals surface area contributed by atoms with Gasteiger partial charge in [-0.05, 0) is 78.5 Å². The normalized spacial score (nSPS) is 15.1. The minimum Gasteiger partial charge on any atom is -0.480 e. The highest BCUT2D eigenvalue weighted by Crippen LogP contribution is 2.38. The summed E-state index contributed by atoms with van der Waals surface area (Å²) < 4.78 is 0. The summed E-state index contributed by atoms with van der Waals surface area (Å²) in [6, 6.07) is 9.50. The Bertz CT molecular complexity index is 973. The number of rotatable bonds is 5. The van der Waals surface area contributed by atoms with Crippen LogP contribution in [0.15, 0.2) is 30.3 Å². The molecule has 2 aliphatic carbocycles. The molecule has 0 aliphatic heterocycles. The predicted octanol–water partition coefficient (Wildman–Crippen LogP) is 3.35. The fourth-order valence-corrected chi connectivity index (χ4v) is 4.43. The van der Waals surface area contributed by atoms with Crippen LogP contribution >= 0.6 is 0 Å². The van der Waals surface area contributed by atoms with Crippen molar-refractivity contribution in [1.29, 1.82) is 5.26 Å². The molecular weight excluding hydrogens is 366 g/mol. The molecule has 2 aliphatic rings. The lowest BCUT2D eigenvalue weighted by atomic mass is 9.99. The third kappa shape index (κ3) is 3.95.